The first-order valence-electron chi connectivity index (χ1n) is 8.15. The van der Waals surface area contributed by atoms with Crippen LogP contribution >= 0.6 is 0 Å². The van der Waals surface area contributed by atoms with Crippen LogP contribution in [0.25, 0.3) is 0 Å². The molecule has 140 valence electrons. The van der Waals surface area contributed by atoms with Gasteiger partial charge in [0, 0.05) is 6.54 Å². The summed E-state index contributed by atoms with van der Waals surface area (Å²) in [7, 11) is 1.51. The molecule has 2 aromatic rings. The van der Waals surface area contributed by atoms with E-state index < -0.39 is 11.7 Å². The summed E-state index contributed by atoms with van der Waals surface area (Å²) in [5.41, 5.74) is 0.367. The van der Waals surface area contributed by atoms with Crippen molar-refractivity contribution in [1.82, 2.24) is 4.90 Å². The Morgan fingerprint density at radius 3 is 2.54 bits per heavy atom. The molecule has 0 aliphatic rings. The number of hydrogen-bond donors (Lipinski definition) is 1. The highest BCUT2D eigenvalue weighted by molar-refractivity contribution is 5.93. The van der Waals surface area contributed by atoms with Gasteiger partial charge in [-0.15, -0.1) is 0 Å². The lowest BCUT2D eigenvalue weighted by molar-refractivity contribution is -0.137. The van der Waals surface area contributed by atoms with Gasteiger partial charge in [0.15, 0.2) is 0 Å². The van der Waals surface area contributed by atoms with Crippen LogP contribution in [0.5, 0.6) is 5.75 Å². The number of alkyl halides is 3. The van der Waals surface area contributed by atoms with E-state index >= 15 is 0 Å². The third-order valence-corrected chi connectivity index (χ3v) is 3.86. The van der Waals surface area contributed by atoms with Gasteiger partial charge in [-0.1, -0.05) is 37.3 Å². The Balaban J connectivity index is 2.02. The average Bonchev–Trinajstić information content (AvgIpc) is 2.61. The van der Waals surface area contributed by atoms with Crippen molar-refractivity contribution in [3.05, 3.63) is 59.7 Å². The van der Waals surface area contributed by atoms with Gasteiger partial charge < -0.3 is 10.1 Å². The number of carbonyl (C=O) groups is 1. The SMILES string of the molecule is CCN(CC(=O)Nc1ccccc1OC)Cc1cccc(C(F)(F)F)c1. The first kappa shape index (κ1) is 19.8. The fourth-order valence-corrected chi connectivity index (χ4v) is 2.52. The minimum atomic E-state index is -4.38. The number of benzene rings is 2. The minimum Gasteiger partial charge on any atom is -0.495 e. The molecule has 2 rings (SSSR count). The molecular weight excluding hydrogens is 345 g/mol. The summed E-state index contributed by atoms with van der Waals surface area (Å²) in [6.07, 6.45) is -4.38. The van der Waals surface area contributed by atoms with E-state index in [-0.39, 0.29) is 19.0 Å². The van der Waals surface area contributed by atoms with Gasteiger partial charge in [0.25, 0.3) is 0 Å². The van der Waals surface area contributed by atoms with E-state index in [9.17, 15) is 18.0 Å². The number of rotatable bonds is 7. The molecule has 1 N–H and O–H groups in total. The van der Waals surface area contributed by atoms with E-state index in [2.05, 4.69) is 5.32 Å². The van der Waals surface area contributed by atoms with Crippen molar-refractivity contribution in [3.63, 3.8) is 0 Å². The number of carbonyl (C=O) groups excluding carboxylic acids is 1. The molecule has 26 heavy (non-hydrogen) atoms. The van der Waals surface area contributed by atoms with E-state index in [1.54, 1.807) is 35.2 Å². The monoisotopic (exact) mass is 366 g/mol. The van der Waals surface area contributed by atoms with Gasteiger partial charge in [0.2, 0.25) is 5.91 Å². The molecule has 0 bridgehead atoms. The maximum atomic E-state index is 12.8. The Bertz CT molecular complexity index is 748. The topological polar surface area (TPSA) is 41.6 Å². The number of ether oxygens (including phenoxy) is 1. The fraction of sp³-hybridized carbons (Fsp3) is 0.316. The predicted octanol–water partition coefficient (Wildman–Crippen LogP) is 4.17. The molecule has 4 nitrogen and oxygen atoms in total. The lowest BCUT2D eigenvalue weighted by Gasteiger charge is -2.21. The highest BCUT2D eigenvalue weighted by Crippen LogP contribution is 2.29. The molecule has 2 aromatic carbocycles. The van der Waals surface area contributed by atoms with Crippen LogP contribution in [0.1, 0.15) is 18.1 Å². The maximum absolute atomic E-state index is 12.8. The molecule has 0 spiro atoms. The van der Waals surface area contributed by atoms with Crippen molar-refractivity contribution in [2.24, 2.45) is 0 Å². The molecule has 0 aromatic heterocycles. The number of hydrogen-bond acceptors (Lipinski definition) is 3. The van der Waals surface area contributed by atoms with E-state index in [0.717, 1.165) is 12.1 Å². The normalized spacial score (nSPS) is 11.5. The van der Waals surface area contributed by atoms with Gasteiger partial charge in [-0.25, -0.2) is 0 Å². The van der Waals surface area contributed by atoms with Crippen LogP contribution in [0.3, 0.4) is 0 Å². The second-order valence-corrected chi connectivity index (χ2v) is 5.75. The molecule has 0 aliphatic heterocycles. The molecule has 0 heterocycles. The van der Waals surface area contributed by atoms with Gasteiger partial charge in [-0.05, 0) is 30.3 Å². The standard InChI is InChI=1S/C19H21F3N2O2/c1-3-24(12-14-7-6-8-15(11-14)19(20,21)22)13-18(25)23-16-9-4-5-10-17(16)26-2/h4-11H,3,12-13H2,1-2H3,(H,23,25). The number of nitrogens with one attached hydrogen (secondary N) is 1. The highest BCUT2D eigenvalue weighted by Gasteiger charge is 2.30. The van der Waals surface area contributed by atoms with Crippen LogP contribution in [-0.2, 0) is 17.5 Å². The van der Waals surface area contributed by atoms with Gasteiger partial charge in [0.05, 0.1) is 24.9 Å². The van der Waals surface area contributed by atoms with Gasteiger partial charge in [-0.2, -0.15) is 13.2 Å². The summed E-state index contributed by atoms with van der Waals surface area (Å²) in [6, 6.07) is 12.2. The van der Waals surface area contributed by atoms with Crippen molar-refractivity contribution in [2.75, 3.05) is 25.5 Å². The highest BCUT2D eigenvalue weighted by atomic mass is 19.4. The molecule has 0 unspecified atom stereocenters. The zero-order valence-corrected chi connectivity index (χ0v) is 14.6. The van der Waals surface area contributed by atoms with Crippen molar-refractivity contribution >= 4 is 11.6 Å². The third-order valence-electron chi connectivity index (χ3n) is 3.86. The summed E-state index contributed by atoms with van der Waals surface area (Å²) in [5, 5.41) is 2.76. The molecule has 7 heteroatoms. The molecule has 1 amide bonds. The molecule has 0 fully saturated rings. The molecule has 0 aliphatic carbocycles. The minimum absolute atomic E-state index is 0.0603. The Kier molecular flexibility index (Phi) is 6.63. The Hall–Kier alpha value is -2.54. The number of para-hydroxylation sites is 2. The number of methoxy groups -OCH3 is 1. The molecular formula is C19H21F3N2O2. The molecule has 0 saturated carbocycles. The van der Waals surface area contributed by atoms with Crippen LogP contribution in [-0.4, -0.2) is 31.0 Å². The van der Waals surface area contributed by atoms with E-state index in [1.165, 1.54) is 13.2 Å². The smallest absolute Gasteiger partial charge is 0.416 e. The number of nitrogens with zero attached hydrogens (tertiary/aromatic N) is 1. The second-order valence-electron chi connectivity index (χ2n) is 5.75. The van der Waals surface area contributed by atoms with Crippen LogP contribution < -0.4 is 10.1 Å². The zero-order valence-electron chi connectivity index (χ0n) is 14.6. The quantitative estimate of drug-likeness (QED) is 0.800. The molecule has 0 atom stereocenters. The van der Waals surface area contributed by atoms with E-state index in [0.29, 0.717) is 23.5 Å². The number of amides is 1. The van der Waals surface area contributed by atoms with Gasteiger partial charge in [0.1, 0.15) is 5.75 Å². The van der Waals surface area contributed by atoms with Crippen molar-refractivity contribution in [1.29, 1.82) is 0 Å². The summed E-state index contributed by atoms with van der Waals surface area (Å²) in [5.74, 6) is 0.283. The molecule has 0 saturated heterocycles. The van der Waals surface area contributed by atoms with E-state index in [1.807, 2.05) is 6.92 Å². The Labute approximate surface area is 150 Å². The van der Waals surface area contributed by atoms with Crippen LogP contribution in [0.4, 0.5) is 18.9 Å². The fourth-order valence-electron chi connectivity index (χ4n) is 2.52. The van der Waals surface area contributed by atoms with Crippen LogP contribution in [0.2, 0.25) is 0 Å². The van der Waals surface area contributed by atoms with Crippen LogP contribution in [0.15, 0.2) is 48.5 Å². The van der Waals surface area contributed by atoms with Crippen molar-refractivity contribution in [2.45, 2.75) is 19.6 Å². The predicted molar refractivity (Wildman–Crippen MR) is 94.0 cm³/mol. The largest absolute Gasteiger partial charge is 0.495 e. The summed E-state index contributed by atoms with van der Waals surface area (Å²) in [4.78, 5) is 14.0. The lowest BCUT2D eigenvalue weighted by atomic mass is 10.1. The van der Waals surface area contributed by atoms with Crippen molar-refractivity contribution < 1.29 is 22.7 Å². The summed E-state index contributed by atoms with van der Waals surface area (Å²) < 4.78 is 43.6. The second kappa shape index (κ2) is 8.71. The van der Waals surface area contributed by atoms with Gasteiger partial charge in [-0.3, -0.25) is 9.69 Å². The summed E-state index contributed by atoms with van der Waals surface area (Å²) in [6.45, 7) is 2.68. The van der Waals surface area contributed by atoms with E-state index in [4.69, 9.17) is 4.74 Å². The van der Waals surface area contributed by atoms with Gasteiger partial charge >= 0.3 is 6.18 Å². The Morgan fingerprint density at radius 2 is 1.88 bits per heavy atom. The first-order valence-corrected chi connectivity index (χ1v) is 8.15. The van der Waals surface area contributed by atoms with Crippen molar-refractivity contribution in [3.8, 4) is 5.75 Å². The summed E-state index contributed by atoms with van der Waals surface area (Å²) >= 11 is 0. The number of likely N-dealkylation sites (N-methyl/N-ethyl adjacent to an activating group) is 1. The Morgan fingerprint density at radius 1 is 1.15 bits per heavy atom. The number of anilines is 1. The lowest BCUT2D eigenvalue weighted by Crippen LogP contribution is -2.32. The third kappa shape index (κ3) is 5.49. The number of halogens is 3. The average molecular weight is 366 g/mol. The van der Waals surface area contributed by atoms with Crippen LogP contribution in [0, 0.1) is 0 Å². The molecule has 0 radical (unpaired) electrons. The first-order chi connectivity index (χ1) is 12.3. The zero-order chi connectivity index (χ0) is 19.2. The maximum Gasteiger partial charge on any atom is 0.416 e.